The Kier molecular flexibility index (Phi) is 9.36. The van der Waals surface area contributed by atoms with Crippen molar-refractivity contribution in [3.8, 4) is 11.3 Å². The molecule has 0 unspecified atom stereocenters. The van der Waals surface area contributed by atoms with Crippen LogP contribution in [-0.2, 0) is 15.9 Å². The lowest BCUT2D eigenvalue weighted by molar-refractivity contribution is 0.0699. The Morgan fingerprint density at radius 1 is 1.06 bits per heavy atom. The van der Waals surface area contributed by atoms with Crippen LogP contribution < -0.4 is 10.6 Å². The van der Waals surface area contributed by atoms with Crippen molar-refractivity contribution in [3.05, 3.63) is 41.2 Å². The number of nitrogens with zero attached hydrogens (tertiary/aromatic N) is 2. The minimum Gasteiger partial charge on any atom is -0.383 e. The molecule has 2 aromatic heterocycles. The highest BCUT2D eigenvalue weighted by Gasteiger charge is 2.21. The smallest absolute Gasteiger partial charge is 0.126 e. The maximum atomic E-state index is 6.55. The minimum absolute atomic E-state index is 0.620. The SMILES string of the molecule is COCCNC1CCC(Cc2cc(-c3nc(NCC4CCOCC4)ccc3Cl)ccn2)CC1. The summed E-state index contributed by atoms with van der Waals surface area (Å²) in [4.78, 5) is 9.50. The van der Waals surface area contributed by atoms with Crippen molar-refractivity contribution >= 4 is 17.4 Å². The van der Waals surface area contributed by atoms with Crippen LogP contribution in [0.3, 0.4) is 0 Å². The second-order valence-electron chi connectivity index (χ2n) is 9.37. The van der Waals surface area contributed by atoms with Gasteiger partial charge in [0.15, 0.2) is 0 Å². The van der Waals surface area contributed by atoms with E-state index in [1.807, 2.05) is 24.4 Å². The molecule has 2 aliphatic rings. The van der Waals surface area contributed by atoms with E-state index < -0.39 is 0 Å². The molecule has 6 nitrogen and oxygen atoms in total. The molecule has 1 aliphatic carbocycles. The molecule has 0 bridgehead atoms. The van der Waals surface area contributed by atoms with Crippen LogP contribution in [-0.4, -0.2) is 56.0 Å². The highest BCUT2D eigenvalue weighted by atomic mass is 35.5. The lowest BCUT2D eigenvalue weighted by Crippen LogP contribution is -2.35. The largest absolute Gasteiger partial charge is 0.383 e. The van der Waals surface area contributed by atoms with Gasteiger partial charge in [-0.05, 0) is 81.0 Å². The van der Waals surface area contributed by atoms with Gasteiger partial charge in [0, 0.05) is 56.9 Å². The van der Waals surface area contributed by atoms with Gasteiger partial charge in [-0.3, -0.25) is 4.98 Å². The number of anilines is 1. The van der Waals surface area contributed by atoms with E-state index >= 15 is 0 Å². The molecule has 0 spiro atoms. The van der Waals surface area contributed by atoms with Crippen LogP contribution in [0.2, 0.25) is 5.02 Å². The summed E-state index contributed by atoms with van der Waals surface area (Å²) in [7, 11) is 1.75. The lowest BCUT2D eigenvalue weighted by atomic mass is 9.83. The third-order valence-corrected chi connectivity index (χ3v) is 7.24. The molecule has 0 aromatic carbocycles. The molecule has 2 N–H and O–H groups in total. The van der Waals surface area contributed by atoms with E-state index in [0.29, 0.717) is 22.9 Å². The number of hydrogen-bond donors (Lipinski definition) is 2. The van der Waals surface area contributed by atoms with E-state index in [9.17, 15) is 0 Å². The number of aromatic nitrogens is 2. The maximum Gasteiger partial charge on any atom is 0.126 e. The number of ether oxygens (including phenoxy) is 2. The normalized spacial score (nSPS) is 21.8. The van der Waals surface area contributed by atoms with Crippen molar-refractivity contribution in [1.82, 2.24) is 15.3 Å². The van der Waals surface area contributed by atoms with Crippen molar-refractivity contribution in [1.29, 1.82) is 0 Å². The molecule has 0 amide bonds. The van der Waals surface area contributed by atoms with E-state index in [2.05, 4.69) is 21.7 Å². The minimum atomic E-state index is 0.620. The summed E-state index contributed by atoms with van der Waals surface area (Å²) in [5.74, 6) is 2.19. The molecular formula is C26H37ClN4O2. The van der Waals surface area contributed by atoms with Gasteiger partial charge in [-0.2, -0.15) is 0 Å². The first-order valence-corrected chi connectivity index (χ1v) is 12.7. The number of pyridine rings is 2. The van der Waals surface area contributed by atoms with E-state index in [-0.39, 0.29) is 0 Å². The first kappa shape index (κ1) is 24.4. The molecule has 1 saturated carbocycles. The van der Waals surface area contributed by atoms with Crippen LogP contribution >= 0.6 is 11.6 Å². The summed E-state index contributed by atoms with van der Waals surface area (Å²) in [6, 6.07) is 8.70. The Hall–Kier alpha value is -1.73. The van der Waals surface area contributed by atoms with Crippen molar-refractivity contribution < 1.29 is 9.47 Å². The molecule has 4 rings (SSSR count). The van der Waals surface area contributed by atoms with Crippen molar-refractivity contribution in [2.75, 3.05) is 45.3 Å². The predicted octanol–water partition coefficient (Wildman–Crippen LogP) is 4.97. The standard InChI is InChI=1S/C26H37ClN4O2/c1-32-15-12-29-22-4-2-19(3-5-22)16-23-17-21(8-11-28-23)26-24(27)6-7-25(31-26)30-18-20-9-13-33-14-10-20/h6-8,11,17,19-20,22,29H,2-5,9-10,12-16,18H2,1H3,(H,30,31). The zero-order chi connectivity index (χ0) is 22.9. The number of rotatable bonds is 10. The van der Waals surface area contributed by atoms with Gasteiger partial charge < -0.3 is 20.1 Å². The Labute approximate surface area is 202 Å². The number of halogens is 1. The van der Waals surface area contributed by atoms with Crippen LogP contribution in [0.15, 0.2) is 30.5 Å². The monoisotopic (exact) mass is 472 g/mol. The third-order valence-electron chi connectivity index (χ3n) is 6.93. The van der Waals surface area contributed by atoms with E-state index in [1.54, 1.807) is 7.11 Å². The van der Waals surface area contributed by atoms with Gasteiger partial charge in [0.1, 0.15) is 5.82 Å². The zero-order valence-electron chi connectivity index (χ0n) is 19.7. The Morgan fingerprint density at radius 3 is 2.67 bits per heavy atom. The number of hydrogen-bond acceptors (Lipinski definition) is 6. The van der Waals surface area contributed by atoms with Gasteiger partial charge in [0.05, 0.1) is 17.3 Å². The highest BCUT2D eigenvalue weighted by molar-refractivity contribution is 6.33. The van der Waals surface area contributed by atoms with E-state index in [4.69, 9.17) is 26.1 Å². The van der Waals surface area contributed by atoms with Crippen LogP contribution in [0, 0.1) is 11.8 Å². The van der Waals surface area contributed by atoms with E-state index in [0.717, 1.165) is 74.9 Å². The Morgan fingerprint density at radius 2 is 1.88 bits per heavy atom. The van der Waals surface area contributed by atoms with Gasteiger partial charge in [-0.1, -0.05) is 11.6 Å². The fourth-order valence-electron chi connectivity index (χ4n) is 4.91. The lowest BCUT2D eigenvalue weighted by Gasteiger charge is -2.29. The van der Waals surface area contributed by atoms with Crippen LogP contribution in [0.4, 0.5) is 5.82 Å². The molecule has 2 fully saturated rings. The summed E-state index contributed by atoms with van der Waals surface area (Å²) >= 11 is 6.55. The molecule has 2 aromatic rings. The maximum absolute atomic E-state index is 6.55. The molecule has 33 heavy (non-hydrogen) atoms. The number of nitrogens with one attached hydrogen (secondary N) is 2. The average molecular weight is 473 g/mol. The fraction of sp³-hybridized carbons (Fsp3) is 0.615. The Balaban J connectivity index is 1.34. The van der Waals surface area contributed by atoms with Gasteiger partial charge in [-0.25, -0.2) is 4.98 Å². The highest BCUT2D eigenvalue weighted by Crippen LogP contribution is 2.30. The quantitative estimate of drug-likeness (QED) is 0.476. The summed E-state index contributed by atoms with van der Waals surface area (Å²) < 4.78 is 10.6. The molecule has 1 saturated heterocycles. The zero-order valence-corrected chi connectivity index (χ0v) is 20.4. The molecule has 180 valence electrons. The predicted molar refractivity (Wildman–Crippen MR) is 134 cm³/mol. The van der Waals surface area contributed by atoms with Crippen LogP contribution in [0.5, 0.6) is 0 Å². The van der Waals surface area contributed by atoms with Crippen LogP contribution in [0.25, 0.3) is 11.3 Å². The summed E-state index contributed by atoms with van der Waals surface area (Å²) in [5, 5.41) is 7.78. The summed E-state index contributed by atoms with van der Waals surface area (Å²) in [6.07, 6.45) is 10.0. The number of methoxy groups -OCH3 is 1. The van der Waals surface area contributed by atoms with Gasteiger partial charge in [0.25, 0.3) is 0 Å². The average Bonchev–Trinajstić information content (AvgIpc) is 2.85. The second-order valence-corrected chi connectivity index (χ2v) is 9.78. The van der Waals surface area contributed by atoms with Gasteiger partial charge in [0.2, 0.25) is 0 Å². The second kappa shape index (κ2) is 12.7. The summed E-state index contributed by atoms with van der Waals surface area (Å²) in [6.45, 7) is 4.35. The molecular weight excluding hydrogens is 436 g/mol. The molecule has 3 heterocycles. The van der Waals surface area contributed by atoms with Crippen molar-refractivity contribution in [3.63, 3.8) is 0 Å². The first-order chi connectivity index (χ1) is 16.2. The topological polar surface area (TPSA) is 68.3 Å². The molecule has 0 atom stereocenters. The molecule has 0 radical (unpaired) electrons. The first-order valence-electron chi connectivity index (χ1n) is 12.4. The fourth-order valence-corrected chi connectivity index (χ4v) is 5.13. The van der Waals surface area contributed by atoms with Crippen LogP contribution in [0.1, 0.15) is 44.2 Å². The Bertz CT molecular complexity index is 867. The third kappa shape index (κ3) is 7.38. The van der Waals surface area contributed by atoms with Crippen molar-refractivity contribution in [2.24, 2.45) is 11.8 Å². The van der Waals surface area contributed by atoms with Crippen molar-refractivity contribution in [2.45, 2.75) is 51.0 Å². The summed E-state index contributed by atoms with van der Waals surface area (Å²) in [5.41, 5.74) is 2.99. The molecule has 1 aliphatic heterocycles. The van der Waals surface area contributed by atoms with Gasteiger partial charge in [-0.15, -0.1) is 0 Å². The van der Waals surface area contributed by atoms with E-state index in [1.165, 1.54) is 25.7 Å². The molecule has 7 heteroatoms. The van der Waals surface area contributed by atoms with Gasteiger partial charge >= 0.3 is 0 Å².